The van der Waals surface area contributed by atoms with Crippen LogP contribution in [0.25, 0.3) is 0 Å². The molecule has 5 nitrogen and oxygen atoms in total. The van der Waals surface area contributed by atoms with E-state index < -0.39 is 12.1 Å². The molecule has 5 heteroatoms. The van der Waals surface area contributed by atoms with Gasteiger partial charge in [-0.1, -0.05) is 19.4 Å². The number of carboxylic acid groups (broad SMARTS) is 1. The molecular formula is C15H23NO4. The zero-order chi connectivity index (χ0) is 15.0. The molecule has 1 rings (SSSR count). The first-order chi connectivity index (χ1) is 9.62. The van der Waals surface area contributed by atoms with Crippen LogP contribution in [0.1, 0.15) is 32.3 Å². The summed E-state index contributed by atoms with van der Waals surface area (Å²) in [5.41, 5.74) is 6.58. The largest absolute Gasteiger partial charge is 0.490 e. The van der Waals surface area contributed by atoms with E-state index >= 15 is 0 Å². The lowest BCUT2D eigenvalue weighted by molar-refractivity contribution is -0.145. The fraction of sp³-hybridized carbons (Fsp3) is 0.533. The van der Waals surface area contributed by atoms with Gasteiger partial charge in [0.15, 0.2) is 17.6 Å². The van der Waals surface area contributed by atoms with Crippen molar-refractivity contribution in [3.8, 4) is 11.5 Å². The smallest absolute Gasteiger partial charge is 0.344 e. The highest BCUT2D eigenvalue weighted by molar-refractivity contribution is 5.72. The summed E-state index contributed by atoms with van der Waals surface area (Å²) < 4.78 is 11.1. The molecule has 0 aromatic heterocycles. The third-order valence-corrected chi connectivity index (χ3v) is 2.84. The Labute approximate surface area is 119 Å². The first-order valence-corrected chi connectivity index (χ1v) is 6.97. The Balaban J connectivity index is 2.94. The van der Waals surface area contributed by atoms with Gasteiger partial charge in [0.05, 0.1) is 6.61 Å². The van der Waals surface area contributed by atoms with Gasteiger partial charge in [0.2, 0.25) is 0 Å². The van der Waals surface area contributed by atoms with Crippen molar-refractivity contribution >= 4 is 5.97 Å². The van der Waals surface area contributed by atoms with Gasteiger partial charge in [-0.25, -0.2) is 4.79 Å². The molecule has 3 N–H and O–H groups in total. The summed E-state index contributed by atoms with van der Waals surface area (Å²) in [6.07, 6.45) is 1.11. The van der Waals surface area contributed by atoms with E-state index in [1.54, 1.807) is 6.07 Å². The van der Waals surface area contributed by atoms with E-state index in [-0.39, 0.29) is 0 Å². The second kappa shape index (κ2) is 8.43. The molecule has 0 radical (unpaired) electrons. The van der Waals surface area contributed by atoms with Gasteiger partial charge in [-0.3, -0.25) is 0 Å². The van der Waals surface area contributed by atoms with Crippen LogP contribution in [0.2, 0.25) is 0 Å². The lowest BCUT2D eigenvalue weighted by Gasteiger charge is -2.18. The highest BCUT2D eigenvalue weighted by atomic mass is 16.5. The van der Waals surface area contributed by atoms with Crippen molar-refractivity contribution in [1.82, 2.24) is 0 Å². The van der Waals surface area contributed by atoms with Crippen LogP contribution >= 0.6 is 0 Å². The van der Waals surface area contributed by atoms with Crippen LogP contribution in [0.3, 0.4) is 0 Å². The molecule has 0 bridgehead atoms. The fourth-order valence-electron chi connectivity index (χ4n) is 1.89. The maximum Gasteiger partial charge on any atom is 0.344 e. The normalized spacial score (nSPS) is 11.9. The highest BCUT2D eigenvalue weighted by Crippen LogP contribution is 2.30. The predicted octanol–water partition coefficient (Wildman–Crippen LogP) is 2.22. The Bertz CT molecular complexity index is 434. The number of nitrogens with two attached hydrogens (primary N) is 1. The monoisotopic (exact) mass is 281 g/mol. The summed E-state index contributed by atoms with van der Waals surface area (Å²) in [6, 6.07) is 5.49. The van der Waals surface area contributed by atoms with Gasteiger partial charge in [-0.05, 0) is 44.0 Å². The van der Waals surface area contributed by atoms with E-state index in [0.29, 0.717) is 31.1 Å². The number of rotatable bonds is 9. The van der Waals surface area contributed by atoms with E-state index in [1.165, 1.54) is 0 Å². The summed E-state index contributed by atoms with van der Waals surface area (Å²) in [4.78, 5) is 11.2. The fourth-order valence-corrected chi connectivity index (χ4v) is 1.89. The average molecular weight is 281 g/mol. The maximum absolute atomic E-state index is 11.2. The quantitative estimate of drug-likeness (QED) is 0.725. The Morgan fingerprint density at radius 2 is 2.10 bits per heavy atom. The van der Waals surface area contributed by atoms with E-state index in [1.807, 2.05) is 26.0 Å². The van der Waals surface area contributed by atoms with Gasteiger partial charge in [0.1, 0.15) is 0 Å². The van der Waals surface area contributed by atoms with E-state index in [2.05, 4.69) is 0 Å². The van der Waals surface area contributed by atoms with E-state index in [0.717, 1.165) is 18.4 Å². The minimum Gasteiger partial charge on any atom is -0.490 e. The Morgan fingerprint density at radius 1 is 1.35 bits per heavy atom. The minimum absolute atomic E-state index is 0.464. The Kier molecular flexibility index (Phi) is 6.87. The van der Waals surface area contributed by atoms with Gasteiger partial charge in [0, 0.05) is 0 Å². The molecule has 0 saturated heterocycles. The lowest BCUT2D eigenvalue weighted by atomic mass is 10.1. The minimum atomic E-state index is -0.958. The van der Waals surface area contributed by atoms with E-state index in [9.17, 15) is 4.79 Å². The standard InChI is InChI=1S/C15H23NO4/c1-3-5-13(15(17)18)20-12-7-6-11(8-9-16)10-14(12)19-4-2/h6-7,10,13H,3-5,8-9,16H2,1-2H3,(H,17,18). The van der Waals surface area contributed by atoms with Crippen molar-refractivity contribution in [3.05, 3.63) is 23.8 Å². The molecule has 1 unspecified atom stereocenters. The molecule has 1 aromatic carbocycles. The van der Waals surface area contributed by atoms with Crippen molar-refractivity contribution in [3.63, 3.8) is 0 Å². The SMILES string of the molecule is CCCC(Oc1ccc(CCN)cc1OCC)C(=O)O. The average Bonchev–Trinajstić information content (AvgIpc) is 2.41. The topological polar surface area (TPSA) is 81.8 Å². The highest BCUT2D eigenvalue weighted by Gasteiger charge is 2.20. The van der Waals surface area contributed by atoms with Crippen LogP contribution in [0, 0.1) is 0 Å². The van der Waals surface area contributed by atoms with Crippen molar-refractivity contribution in [2.24, 2.45) is 5.73 Å². The molecular weight excluding hydrogens is 258 g/mol. The molecule has 112 valence electrons. The summed E-state index contributed by atoms with van der Waals surface area (Å²) in [5.74, 6) is 0.0783. The predicted molar refractivity (Wildman–Crippen MR) is 77.3 cm³/mol. The number of carbonyl (C=O) groups is 1. The second-order valence-corrected chi connectivity index (χ2v) is 4.49. The summed E-state index contributed by atoms with van der Waals surface area (Å²) in [5, 5.41) is 9.14. The summed E-state index contributed by atoms with van der Waals surface area (Å²) in [7, 11) is 0. The molecule has 1 aromatic rings. The molecule has 1 atom stereocenters. The van der Waals surface area contributed by atoms with E-state index in [4.69, 9.17) is 20.3 Å². The number of benzene rings is 1. The second-order valence-electron chi connectivity index (χ2n) is 4.49. The number of hydrogen-bond donors (Lipinski definition) is 2. The Morgan fingerprint density at radius 3 is 2.65 bits per heavy atom. The molecule has 0 aliphatic carbocycles. The molecule has 0 fully saturated rings. The number of ether oxygens (including phenoxy) is 2. The molecule has 0 aliphatic rings. The first-order valence-electron chi connectivity index (χ1n) is 6.97. The Hall–Kier alpha value is -1.75. The van der Waals surface area contributed by atoms with Gasteiger partial charge >= 0.3 is 5.97 Å². The van der Waals surface area contributed by atoms with Crippen LogP contribution in [0.5, 0.6) is 11.5 Å². The molecule has 0 amide bonds. The van der Waals surface area contributed by atoms with Crippen LogP contribution in [-0.2, 0) is 11.2 Å². The van der Waals surface area contributed by atoms with Crippen LogP contribution in [-0.4, -0.2) is 30.3 Å². The number of hydrogen-bond acceptors (Lipinski definition) is 4. The van der Waals surface area contributed by atoms with Crippen molar-refractivity contribution in [2.45, 2.75) is 39.2 Å². The number of aliphatic carboxylic acids is 1. The zero-order valence-electron chi connectivity index (χ0n) is 12.1. The molecule has 20 heavy (non-hydrogen) atoms. The van der Waals surface area contributed by atoms with Crippen molar-refractivity contribution < 1.29 is 19.4 Å². The van der Waals surface area contributed by atoms with Gasteiger partial charge in [0.25, 0.3) is 0 Å². The summed E-state index contributed by atoms with van der Waals surface area (Å²) >= 11 is 0. The summed E-state index contributed by atoms with van der Waals surface area (Å²) in [6.45, 7) is 4.85. The van der Waals surface area contributed by atoms with Crippen LogP contribution in [0.4, 0.5) is 0 Å². The zero-order valence-corrected chi connectivity index (χ0v) is 12.1. The van der Waals surface area contributed by atoms with Crippen LogP contribution in [0.15, 0.2) is 18.2 Å². The van der Waals surface area contributed by atoms with Gasteiger partial charge < -0.3 is 20.3 Å². The van der Waals surface area contributed by atoms with Crippen LogP contribution < -0.4 is 15.2 Å². The molecule has 0 spiro atoms. The number of carboxylic acids is 1. The molecule has 0 heterocycles. The van der Waals surface area contributed by atoms with Gasteiger partial charge in [-0.2, -0.15) is 0 Å². The third-order valence-electron chi connectivity index (χ3n) is 2.84. The molecule has 0 aliphatic heterocycles. The lowest BCUT2D eigenvalue weighted by Crippen LogP contribution is -2.27. The molecule has 0 saturated carbocycles. The first kappa shape index (κ1) is 16.3. The van der Waals surface area contributed by atoms with Crippen molar-refractivity contribution in [1.29, 1.82) is 0 Å². The van der Waals surface area contributed by atoms with Gasteiger partial charge in [-0.15, -0.1) is 0 Å². The maximum atomic E-state index is 11.2. The van der Waals surface area contributed by atoms with Crippen molar-refractivity contribution in [2.75, 3.05) is 13.2 Å². The third kappa shape index (κ3) is 4.74.